The van der Waals surface area contributed by atoms with Crippen LogP contribution in [0.4, 0.5) is 14.5 Å². The van der Waals surface area contributed by atoms with E-state index in [-0.39, 0.29) is 33.8 Å². The molecule has 0 spiro atoms. The van der Waals surface area contributed by atoms with Gasteiger partial charge in [0.1, 0.15) is 16.5 Å². The molecule has 1 N–H and O–H groups in total. The fraction of sp³-hybridized carbons (Fsp3) is 0.333. The van der Waals surface area contributed by atoms with Crippen LogP contribution in [-0.4, -0.2) is 36.2 Å². The van der Waals surface area contributed by atoms with E-state index in [0.717, 1.165) is 16.8 Å². The largest absolute Gasteiger partial charge is 0.382 e. The average Bonchev–Trinajstić information content (AvgIpc) is 2.89. The average molecular weight is 390 g/mol. The van der Waals surface area contributed by atoms with Crippen LogP contribution in [-0.2, 0) is 9.84 Å². The molecule has 0 saturated carbocycles. The Morgan fingerprint density at radius 2 is 2.12 bits per heavy atom. The molecule has 6 nitrogen and oxygen atoms in total. The highest BCUT2D eigenvalue weighted by Gasteiger charge is 2.27. The molecule has 0 radical (unpaired) electrons. The molecule has 2 heterocycles. The van der Waals surface area contributed by atoms with Crippen molar-refractivity contribution in [2.45, 2.75) is 6.42 Å². The Morgan fingerprint density at radius 1 is 1.36 bits per heavy atom. The van der Waals surface area contributed by atoms with E-state index < -0.39 is 27.0 Å². The lowest BCUT2D eigenvalue weighted by Gasteiger charge is -2.13. The summed E-state index contributed by atoms with van der Waals surface area (Å²) in [7, 11) is -3.00. The second-order valence-electron chi connectivity index (χ2n) is 5.83. The molecule has 1 aromatic heterocycles. The summed E-state index contributed by atoms with van der Waals surface area (Å²) in [6.45, 7) is 0.328. The van der Waals surface area contributed by atoms with E-state index in [9.17, 15) is 22.0 Å². The van der Waals surface area contributed by atoms with Gasteiger partial charge in [0.25, 0.3) is 5.56 Å². The van der Waals surface area contributed by atoms with E-state index in [1.54, 1.807) is 0 Å². The number of halogens is 3. The van der Waals surface area contributed by atoms with Crippen LogP contribution >= 0.6 is 11.6 Å². The molecule has 2 aromatic rings. The Hall–Kier alpha value is -2.00. The van der Waals surface area contributed by atoms with Gasteiger partial charge in [-0.15, -0.1) is 0 Å². The van der Waals surface area contributed by atoms with Crippen molar-refractivity contribution in [1.29, 1.82) is 0 Å². The summed E-state index contributed by atoms with van der Waals surface area (Å²) < 4.78 is 50.4. The third kappa shape index (κ3) is 3.82. The highest BCUT2D eigenvalue weighted by atomic mass is 35.5. The number of hydrogen-bond acceptors (Lipinski definition) is 5. The molecule has 0 amide bonds. The molecule has 3 rings (SSSR count). The van der Waals surface area contributed by atoms with Crippen molar-refractivity contribution in [2.24, 2.45) is 5.92 Å². The number of nitrogens with one attached hydrogen (secondary N) is 1. The number of nitrogens with zero attached hydrogens (tertiary/aromatic N) is 2. The monoisotopic (exact) mass is 389 g/mol. The van der Waals surface area contributed by atoms with Gasteiger partial charge in [0.15, 0.2) is 15.7 Å². The van der Waals surface area contributed by atoms with E-state index >= 15 is 0 Å². The molecule has 1 atom stereocenters. The molecular formula is C15H14ClF2N3O3S. The molecule has 1 fully saturated rings. The second-order valence-corrected chi connectivity index (χ2v) is 8.44. The maximum atomic E-state index is 13.8. The first-order valence-electron chi connectivity index (χ1n) is 7.44. The summed E-state index contributed by atoms with van der Waals surface area (Å²) in [5.41, 5.74) is -0.757. The molecule has 10 heteroatoms. The predicted octanol–water partition coefficient (Wildman–Crippen LogP) is 2.01. The zero-order chi connectivity index (χ0) is 18.2. The normalized spacial score (nSPS) is 19.1. The smallest absolute Gasteiger partial charge is 0.292 e. The van der Waals surface area contributed by atoms with Crippen molar-refractivity contribution in [3.63, 3.8) is 0 Å². The minimum Gasteiger partial charge on any atom is -0.382 e. The molecule has 0 bridgehead atoms. The van der Waals surface area contributed by atoms with Gasteiger partial charge in [-0.05, 0) is 24.5 Å². The highest BCUT2D eigenvalue weighted by Crippen LogP contribution is 2.22. The van der Waals surface area contributed by atoms with Gasteiger partial charge in [-0.3, -0.25) is 4.79 Å². The molecule has 0 aliphatic carbocycles. The Kier molecular flexibility index (Phi) is 4.79. The molecule has 1 unspecified atom stereocenters. The summed E-state index contributed by atoms with van der Waals surface area (Å²) in [6, 6.07) is 2.74. The molecule has 25 heavy (non-hydrogen) atoms. The number of hydrogen-bond donors (Lipinski definition) is 1. The summed E-state index contributed by atoms with van der Waals surface area (Å²) in [5, 5.41) is 6.55. The molecule has 1 aromatic carbocycles. The zero-order valence-electron chi connectivity index (χ0n) is 12.9. The maximum absolute atomic E-state index is 13.8. The van der Waals surface area contributed by atoms with Crippen molar-refractivity contribution in [3.05, 3.63) is 51.4 Å². The fourth-order valence-electron chi connectivity index (χ4n) is 2.67. The number of sulfone groups is 1. The van der Waals surface area contributed by atoms with Gasteiger partial charge >= 0.3 is 0 Å². The summed E-state index contributed by atoms with van der Waals surface area (Å²) in [4.78, 5) is 12.3. The first-order valence-corrected chi connectivity index (χ1v) is 9.64. The van der Waals surface area contributed by atoms with Gasteiger partial charge < -0.3 is 5.32 Å². The Balaban J connectivity index is 1.82. The molecule has 134 valence electrons. The van der Waals surface area contributed by atoms with Crippen molar-refractivity contribution in [3.8, 4) is 5.69 Å². The quantitative estimate of drug-likeness (QED) is 0.865. The van der Waals surface area contributed by atoms with Crippen molar-refractivity contribution in [2.75, 3.05) is 23.4 Å². The summed E-state index contributed by atoms with van der Waals surface area (Å²) >= 11 is 6.02. The minimum atomic E-state index is -3.00. The molecule has 1 aliphatic heterocycles. The lowest BCUT2D eigenvalue weighted by Crippen LogP contribution is -2.25. The fourth-order valence-corrected chi connectivity index (χ4v) is 4.73. The van der Waals surface area contributed by atoms with Gasteiger partial charge in [0.05, 0.1) is 23.4 Å². The van der Waals surface area contributed by atoms with Gasteiger partial charge in [0, 0.05) is 12.6 Å². The SMILES string of the molecule is O=c1c(Cl)c(NCC2CCS(=O)(=O)C2)cnn1-c1ccc(F)cc1F. The molecule has 1 aliphatic rings. The first kappa shape index (κ1) is 17.8. The van der Waals surface area contributed by atoms with E-state index in [1.165, 1.54) is 6.20 Å². The zero-order valence-corrected chi connectivity index (χ0v) is 14.4. The van der Waals surface area contributed by atoms with Crippen LogP contribution in [0.5, 0.6) is 0 Å². The van der Waals surface area contributed by atoms with Gasteiger partial charge in [0.2, 0.25) is 0 Å². The van der Waals surface area contributed by atoms with Crippen LogP contribution in [0.2, 0.25) is 5.02 Å². The van der Waals surface area contributed by atoms with Gasteiger partial charge in [-0.1, -0.05) is 11.6 Å². The standard InChI is InChI=1S/C15H14ClF2N3O3S/c16-14-12(19-6-9-3-4-25(23,24)8-9)7-20-21(15(14)22)13-2-1-10(17)5-11(13)18/h1-2,5,7,9,19H,3-4,6,8H2. The van der Waals surface area contributed by atoms with E-state index in [0.29, 0.717) is 19.0 Å². The third-order valence-corrected chi connectivity index (χ3v) is 6.17. The van der Waals surface area contributed by atoms with Crippen molar-refractivity contribution in [1.82, 2.24) is 9.78 Å². The number of anilines is 1. The van der Waals surface area contributed by atoms with E-state index in [1.807, 2.05) is 0 Å². The van der Waals surface area contributed by atoms with Crippen LogP contribution in [0, 0.1) is 17.6 Å². The number of rotatable bonds is 4. The summed E-state index contributed by atoms with van der Waals surface area (Å²) in [5.74, 6) is -1.55. The van der Waals surface area contributed by atoms with Crippen LogP contribution < -0.4 is 10.9 Å². The van der Waals surface area contributed by atoms with Crippen molar-refractivity contribution >= 4 is 27.1 Å². The Bertz CT molecular complexity index is 978. The third-order valence-electron chi connectivity index (χ3n) is 3.96. The highest BCUT2D eigenvalue weighted by molar-refractivity contribution is 7.91. The Labute approximate surface area is 147 Å². The van der Waals surface area contributed by atoms with Gasteiger partial charge in [-0.2, -0.15) is 9.78 Å². The van der Waals surface area contributed by atoms with Crippen LogP contribution in [0.25, 0.3) is 5.69 Å². The van der Waals surface area contributed by atoms with Crippen LogP contribution in [0.1, 0.15) is 6.42 Å². The van der Waals surface area contributed by atoms with E-state index in [4.69, 9.17) is 11.6 Å². The first-order chi connectivity index (χ1) is 11.8. The van der Waals surface area contributed by atoms with Gasteiger partial charge in [-0.25, -0.2) is 17.2 Å². The lowest BCUT2D eigenvalue weighted by molar-refractivity contribution is 0.570. The predicted molar refractivity (Wildman–Crippen MR) is 90.0 cm³/mol. The number of benzene rings is 1. The van der Waals surface area contributed by atoms with Crippen LogP contribution in [0.3, 0.4) is 0 Å². The molecular weight excluding hydrogens is 376 g/mol. The lowest BCUT2D eigenvalue weighted by atomic mass is 10.1. The van der Waals surface area contributed by atoms with E-state index in [2.05, 4.69) is 10.4 Å². The second kappa shape index (κ2) is 6.72. The number of aromatic nitrogens is 2. The Morgan fingerprint density at radius 3 is 2.76 bits per heavy atom. The van der Waals surface area contributed by atoms with Crippen LogP contribution in [0.15, 0.2) is 29.2 Å². The maximum Gasteiger partial charge on any atom is 0.292 e. The topological polar surface area (TPSA) is 81.1 Å². The van der Waals surface area contributed by atoms with Crippen molar-refractivity contribution < 1.29 is 17.2 Å². The minimum absolute atomic E-state index is 0.0713. The summed E-state index contributed by atoms with van der Waals surface area (Å²) in [6.07, 6.45) is 1.79. The molecule has 1 saturated heterocycles.